The first-order valence-electron chi connectivity index (χ1n) is 5.30. The molecular weight excluding hydrogens is 182 g/mol. The van der Waals surface area contributed by atoms with Crippen LogP contribution in [0.3, 0.4) is 0 Å². The molecule has 1 heterocycles. The van der Waals surface area contributed by atoms with E-state index in [1.807, 2.05) is 0 Å². The van der Waals surface area contributed by atoms with Gasteiger partial charge in [0.15, 0.2) is 0 Å². The number of hydrogen-bond acceptors (Lipinski definition) is 3. The van der Waals surface area contributed by atoms with Crippen LogP contribution in [0.2, 0.25) is 0 Å². The number of carboxylic acid groups (broad SMARTS) is 1. The van der Waals surface area contributed by atoms with Gasteiger partial charge in [-0.2, -0.15) is 0 Å². The average Bonchev–Trinajstić information content (AvgIpc) is 2.19. The summed E-state index contributed by atoms with van der Waals surface area (Å²) in [4.78, 5) is 10.6. The van der Waals surface area contributed by atoms with Gasteiger partial charge in [-0.1, -0.05) is 19.3 Å². The molecule has 4 heteroatoms. The smallest absolute Gasteiger partial charge is 0.348 e. The Morgan fingerprint density at radius 1 is 1.36 bits per heavy atom. The molecule has 14 heavy (non-hydrogen) atoms. The molecule has 1 spiro atoms. The standard InChI is InChI=1S/C10H17NO3/c12-9(13)8-11-6-10(7-14-8)4-2-1-3-5-10/h8,11H,1-7H2,(H,12,13). The van der Waals surface area contributed by atoms with Crippen molar-refractivity contribution in [2.75, 3.05) is 13.2 Å². The Kier molecular flexibility index (Phi) is 2.74. The Labute approximate surface area is 83.6 Å². The lowest BCUT2D eigenvalue weighted by atomic mass is 9.74. The fourth-order valence-electron chi connectivity index (χ4n) is 2.46. The Morgan fingerprint density at radius 3 is 2.57 bits per heavy atom. The molecule has 2 rings (SSSR count). The van der Waals surface area contributed by atoms with E-state index < -0.39 is 12.2 Å². The van der Waals surface area contributed by atoms with E-state index in [-0.39, 0.29) is 5.41 Å². The van der Waals surface area contributed by atoms with Gasteiger partial charge in [0.05, 0.1) is 6.61 Å². The van der Waals surface area contributed by atoms with Crippen LogP contribution in [0.15, 0.2) is 0 Å². The van der Waals surface area contributed by atoms with Gasteiger partial charge in [0, 0.05) is 12.0 Å². The molecule has 2 aliphatic rings. The third-order valence-corrected chi connectivity index (χ3v) is 3.36. The van der Waals surface area contributed by atoms with E-state index in [2.05, 4.69) is 5.32 Å². The second kappa shape index (κ2) is 3.87. The van der Waals surface area contributed by atoms with Crippen molar-refractivity contribution in [3.63, 3.8) is 0 Å². The third kappa shape index (κ3) is 1.91. The van der Waals surface area contributed by atoms with Gasteiger partial charge in [-0.25, -0.2) is 4.79 Å². The zero-order chi connectivity index (χ0) is 10.0. The summed E-state index contributed by atoms with van der Waals surface area (Å²) in [6.45, 7) is 1.40. The van der Waals surface area contributed by atoms with Crippen LogP contribution in [-0.2, 0) is 9.53 Å². The lowest BCUT2D eigenvalue weighted by Crippen LogP contribution is -2.53. The van der Waals surface area contributed by atoms with Gasteiger partial charge in [-0.3, -0.25) is 5.32 Å². The lowest BCUT2D eigenvalue weighted by Gasteiger charge is -2.42. The van der Waals surface area contributed by atoms with E-state index in [0.717, 1.165) is 6.54 Å². The highest BCUT2D eigenvalue weighted by Gasteiger charge is 2.38. The number of nitrogens with one attached hydrogen (secondary N) is 1. The van der Waals surface area contributed by atoms with Crippen molar-refractivity contribution in [1.29, 1.82) is 0 Å². The molecule has 0 aromatic carbocycles. The minimum absolute atomic E-state index is 0.226. The second-order valence-corrected chi connectivity index (χ2v) is 4.47. The highest BCUT2D eigenvalue weighted by Crippen LogP contribution is 2.37. The second-order valence-electron chi connectivity index (χ2n) is 4.47. The molecule has 2 fully saturated rings. The zero-order valence-electron chi connectivity index (χ0n) is 8.29. The van der Waals surface area contributed by atoms with Crippen LogP contribution < -0.4 is 5.32 Å². The van der Waals surface area contributed by atoms with Gasteiger partial charge in [-0.15, -0.1) is 0 Å². The van der Waals surface area contributed by atoms with Crippen molar-refractivity contribution in [2.24, 2.45) is 5.41 Å². The number of rotatable bonds is 1. The van der Waals surface area contributed by atoms with E-state index in [1.54, 1.807) is 0 Å². The van der Waals surface area contributed by atoms with Crippen LogP contribution >= 0.6 is 0 Å². The fourth-order valence-corrected chi connectivity index (χ4v) is 2.46. The van der Waals surface area contributed by atoms with Crippen molar-refractivity contribution in [1.82, 2.24) is 5.32 Å². The Bertz CT molecular complexity index is 213. The molecule has 1 aliphatic heterocycles. The number of carboxylic acids is 1. The summed E-state index contributed by atoms with van der Waals surface area (Å²) < 4.78 is 5.32. The Hall–Kier alpha value is -0.610. The molecule has 0 radical (unpaired) electrons. The van der Waals surface area contributed by atoms with Crippen molar-refractivity contribution in [3.05, 3.63) is 0 Å². The summed E-state index contributed by atoms with van der Waals surface area (Å²) in [5, 5.41) is 11.7. The molecule has 1 atom stereocenters. The first kappa shape index (κ1) is 9.93. The molecule has 2 N–H and O–H groups in total. The normalized spacial score (nSPS) is 31.6. The predicted molar refractivity (Wildman–Crippen MR) is 50.9 cm³/mol. The predicted octanol–water partition coefficient (Wildman–Crippen LogP) is 0.967. The highest BCUT2D eigenvalue weighted by molar-refractivity contribution is 5.71. The average molecular weight is 199 g/mol. The summed E-state index contributed by atoms with van der Waals surface area (Å²) in [6.07, 6.45) is 5.37. The van der Waals surface area contributed by atoms with Gasteiger partial charge in [-0.05, 0) is 12.8 Å². The van der Waals surface area contributed by atoms with Crippen LogP contribution in [-0.4, -0.2) is 30.5 Å². The van der Waals surface area contributed by atoms with Crippen LogP contribution in [0.1, 0.15) is 32.1 Å². The topological polar surface area (TPSA) is 58.6 Å². The number of ether oxygens (including phenoxy) is 1. The van der Waals surface area contributed by atoms with Gasteiger partial charge < -0.3 is 9.84 Å². The highest BCUT2D eigenvalue weighted by atomic mass is 16.5. The summed E-state index contributed by atoms with van der Waals surface area (Å²) in [5.74, 6) is -0.907. The van der Waals surface area contributed by atoms with Gasteiger partial charge in [0.25, 0.3) is 0 Å². The van der Waals surface area contributed by atoms with Crippen molar-refractivity contribution in [2.45, 2.75) is 38.3 Å². The number of aliphatic carboxylic acids is 1. The van der Waals surface area contributed by atoms with Crippen LogP contribution in [0, 0.1) is 5.41 Å². The molecule has 80 valence electrons. The summed E-state index contributed by atoms with van der Waals surface area (Å²) in [7, 11) is 0. The molecule has 0 aromatic heterocycles. The molecular formula is C10H17NO3. The van der Waals surface area contributed by atoms with E-state index in [4.69, 9.17) is 9.84 Å². The molecule has 4 nitrogen and oxygen atoms in total. The maximum Gasteiger partial charge on any atom is 0.348 e. The lowest BCUT2D eigenvalue weighted by molar-refractivity contribution is -0.163. The monoisotopic (exact) mass is 199 g/mol. The zero-order valence-corrected chi connectivity index (χ0v) is 8.29. The molecule has 1 aliphatic carbocycles. The molecule has 1 saturated carbocycles. The first-order valence-corrected chi connectivity index (χ1v) is 5.30. The third-order valence-electron chi connectivity index (χ3n) is 3.36. The maximum absolute atomic E-state index is 10.6. The first-order chi connectivity index (χ1) is 6.72. The Balaban J connectivity index is 1.90. The molecule has 1 unspecified atom stereocenters. The summed E-state index contributed by atoms with van der Waals surface area (Å²) in [5.41, 5.74) is 0.226. The Morgan fingerprint density at radius 2 is 2.07 bits per heavy atom. The van der Waals surface area contributed by atoms with Crippen molar-refractivity contribution < 1.29 is 14.6 Å². The van der Waals surface area contributed by atoms with Gasteiger partial charge in [0.2, 0.25) is 6.23 Å². The minimum Gasteiger partial charge on any atom is -0.478 e. The largest absolute Gasteiger partial charge is 0.478 e. The van der Waals surface area contributed by atoms with Gasteiger partial charge in [0.1, 0.15) is 0 Å². The van der Waals surface area contributed by atoms with Crippen LogP contribution in [0.25, 0.3) is 0 Å². The summed E-state index contributed by atoms with van der Waals surface area (Å²) >= 11 is 0. The fraction of sp³-hybridized carbons (Fsp3) is 0.900. The molecule has 0 amide bonds. The van der Waals surface area contributed by atoms with E-state index in [9.17, 15) is 4.79 Å². The van der Waals surface area contributed by atoms with E-state index in [1.165, 1.54) is 32.1 Å². The van der Waals surface area contributed by atoms with Gasteiger partial charge >= 0.3 is 5.97 Å². The SMILES string of the molecule is O=C(O)C1NCC2(CCCCC2)CO1. The maximum atomic E-state index is 10.6. The molecule has 0 bridgehead atoms. The number of carbonyl (C=O) groups is 1. The minimum atomic E-state index is -0.907. The molecule has 1 saturated heterocycles. The summed E-state index contributed by atoms with van der Waals surface area (Å²) in [6, 6.07) is 0. The van der Waals surface area contributed by atoms with Crippen LogP contribution in [0.4, 0.5) is 0 Å². The van der Waals surface area contributed by atoms with Crippen molar-refractivity contribution >= 4 is 5.97 Å². The molecule has 0 aromatic rings. The van der Waals surface area contributed by atoms with Crippen molar-refractivity contribution in [3.8, 4) is 0 Å². The quantitative estimate of drug-likeness (QED) is 0.660. The van der Waals surface area contributed by atoms with E-state index in [0.29, 0.717) is 6.61 Å². The van der Waals surface area contributed by atoms with Crippen LogP contribution in [0.5, 0.6) is 0 Å². The van der Waals surface area contributed by atoms with E-state index >= 15 is 0 Å². The number of hydrogen-bond donors (Lipinski definition) is 2.